The van der Waals surface area contributed by atoms with Crippen LogP contribution < -0.4 is 5.56 Å². The Bertz CT molecular complexity index is 1050. The number of hydrogen-bond acceptors (Lipinski definition) is 3. The molecule has 0 aliphatic carbocycles. The summed E-state index contributed by atoms with van der Waals surface area (Å²) in [6.45, 7) is 1.62. The molecule has 0 saturated heterocycles. The first kappa shape index (κ1) is 17.7. The van der Waals surface area contributed by atoms with Crippen LogP contribution in [0.2, 0.25) is 0 Å². The van der Waals surface area contributed by atoms with Crippen molar-refractivity contribution in [3.63, 3.8) is 0 Å². The molecule has 0 fully saturated rings. The summed E-state index contributed by atoms with van der Waals surface area (Å²) in [4.78, 5) is 30.5. The minimum absolute atomic E-state index is 0.0280. The zero-order chi connectivity index (χ0) is 18.8. The van der Waals surface area contributed by atoms with Crippen molar-refractivity contribution in [2.45, 2.75) is 20.0 Å². The number of nitrogens with zero attached hydrogens (tertiary/aromatic N) is 3. The molecule has 0 saturated carbocycles. The van der Waals surface area contributed by atoms with Crippen LogP contribution >= 0.6 is 0 Å². The van der Waals surface area contributed by atoms with Crippen molar-refractivity contribution >= 4 is 16.8 Å². The summed E-state index contributed by atoms with van der Waals surface area (Å²) < 4.78 is 27.9. The van der Waals surface area contributed by atoms with Crippen LogP contribution in [-0.4, -0.2) is 27.4 Å². The molecule has 1 heterocycles. The average molecular weight is 357 g/mol. The number of carbonyl (C=O) groups is 1. The maximum atomic E-state index is 13.7. The predicted molar refractivity (Wildman–Crippen MR) is 93.6 cm³/mol. The van der Waals surface area contributed by atoms with E-state index in [9.17, 15) is 18.4 Å². The molecule has 0 aliphatic heterocycles. The largest absolute Gasteiger partial charge is 0.340 e. The van der Waals surface area contributed by atoms with Gasteiger partial charge in [0, 0.05) is 25.2 Å². The Balaban J connectivity index is 1.80. The lowest BCUT2D eigenvalue weighted by atomic mass is 10.1. The first-order valence-corrected chi connectivity index (χ1v) is 7.99. The van der Waals surface area contributed by atoms with Crippen LogP contribution in [0.5, 0.6) is 0 Å². The van der Waals surface area contributed by atoms with Crippen molar-refractivity contribution < 1.29 is 13.6 Å². The first-order valence-electron chi connectivity index (χ1n) is 7.99. The second kappa shape index (κ2) is 7.03. The van der Waals surface area contributed by atoms with E-state index in [1.54, 1.807) is 12.1 Å². The second-order valence-electron chi connectivity index (χ2n) is 6.13. The molecule has 0 radical (unpaired) electrons. The summed E-state index contributed by atoms with van der Waals surface area (Å²) in [5.74, 6) is -1.78. The van der Waals surface area contributed by atoms with E-state index < -0.39 is 11.6 Å². The van der Waals surface area contributed by atoms with Crippen LogP contribution in [-0.2, 0) is 17.9 Å². The van der Waals surface area contributed by atoms with Gasteiger partial charge in [-0.1, -0.05) is 18.2 Å². The number of carbonyl (C=O) groups excluding carboxylic acids is 1. The molecule has 3 rings (SSSR count). The molecule has 5 nitrogen and oxygen atoms in total. The van der Waals surface area contributed by atoms with Crippen molar-refractivity contribution in [3.8, 4) is 0 Å². The third-order valence-corrected chi connectivity index (χ3v) is 4.21. The Labute approximate surface area is 148 Å². The van der Waals surface area contributed by atoms with Crippen LogP contribution in [0.1, 0.15) is 11.1 Å². The number of halogens is 2. The molecule has 1 aromatic heterocycles. The van der Waals surface area contributed by atoms with E-state index in [1.807, 2.05) is 13.0 Å². The number of para-hydroxylation sites is 1. The second-order valence-corrected chi connectivity index (χ2v) is 6.13. The zero-order valence-corrected chi connectivity index (χ0v) is 14.4. The van der Waals surface area contributed by atoms with Crippen molar-refractivity contribution in [1.82, 2.24) is 14.5 Å². The quantitative estimate of drug-likeness (QED) is 0.721. The molecule has 1 amide bonds. The predicted octanol–water partition coefficient (Wildman–Crippen LogP) is 2.64. The highest BCUT2D eigenvalue weighted by atomic mass is 19.1. The first-order chi connectivity index (χ1) is 12.4. The summed E-state index contributed by atoms with van der Waals surface area (Å²) in [6, 6.07) is 8.48. The normalized spacial score (nSPS) is 10.9. The lowest BCUT2D eigenvalue weighted by Gasteiger charge is -2.18. The molecular formula is C19H17F2N3O2. The van der Waals surface area contributed by atoms with E-state index in [0.29, 0.717) is 10.9 Å². The molecule has 0 unspecified atom stereocenters. The number of benzene rings is 2. The summed E-state index contributed by atoms with van der Waals surface area (Å²) in [7, 11) is 1.49. The number of aromatic nitrogens is 2. The Hall–Kier alpha value is -3.09. The third kappa shape index (κ3) is 3.46. The van der Waals surface area contributed by atoms with Gasteiger partial charge < -0.3 is 4.90 Å². The van der Waals surface area contributed by atoms with E-state index in [-0.39, 0.29) is 30.1 Å². The van der Waals surface area contributed by atoms with Crippen LogP contribution in [0.4, 0.5) is 8.78 Å². The highest BCUT2D eigenvalue weighted by molar-refractivity contribution is 5.81. The van der Waals surface area contributed by atoms with Crippen LogP contribution in [0.3, 0.4) is 0 Å². The highest BCUT2D eigenvalue weighted by Gasteiger charge is 2.15. The number of hydrogen-bond donors (Lipinski definition) is 0. The van der Waals surface area contributed by atoms with E-state index >= 15 is 0 Å². The fraction of sp³-hybridized carbons (Fsp3) is 0.211. The Morgan fingerprint density at radius 1 is 1.23 bits per heavy atom. The van der Waals surface area contributed by atoms with E-state index in [0.717, 1.165) is 17.7 Å². The van der Waals surface area contributed by atoms with Gasteiger partial charge in [-0.15, -0.1) is 0 Å². The lowest BCUT2D eigenvalue weighted by Crippen LogP contribution is -2.34. The van der Waals surface area contributed by atoms with Crippen molar-refractivity contribution in [2.24, 2.45) is 0 Å². The van der Waals surface area contributed by atoms with Gasteiger partial charge in [0.05, 0.1) is 17.2 Å². The molecule has 0 aliphatic rings. The summed E-state index contributed by atoms with van der Waals surface area (Å²) >= 11 is 0. The van der Waals surface area contributed by atoms with Gasteiger partial charge in [0.15, 0.2) is 0 Å². The topological polar surface area (TPSA) is 55.2 Å². The monoisotopic (exact) mass is 357 g/mol. The van der Waals surface area contributed by atoms with Gasteiger partial charge in [-0.25, -0.2) is 13.8 Å². The van der Waals surface area contributed by atoms with Gasteiger partial charge in [0.1, 0.15) is 18.2 Å². The Morgan fingerprint density at radius 2 is 2.00 bits per heavy atom. The van der Waals surface area contributed by atoms with Crippen molar-refractivity contribution in [3.05, 3.63) is 75.8 Å². The number of aryl methyl sites for hydroxylation is 1. The van der Waals surface area contributed by atoms with Crippen LogP contribution in [0.25, 0.3) is 10.9 Å². The molecule has 0 bridgehead atoms. The fourth-order valence-electron chi connectivity index (χ4n) is 2.71. The number of likely N-dealkylation sites (N-methyl/N-ethyl adjacent to an activating group) is 1. The minimum atomic E-state index is -0.718. The van der Waals surface area contributed by atoms with E-state index in [4.69, 9.17) is 0 Å². The maximum absolute atomic E-state index is 13.7. The van der Waals surface area contributed by atoms with E-state index in [2.05, 4.69) is 4.98 Å². The van der Waals surface area contributed by atoms with Crippen molar-refractivity contribution in [1.29, 1.82) is 0 Å². The summed E-state index contributed by atoms with van der Waals surface area (Å²) in [5, 5.41) is 0.438. The standard InChI is InChI=1S/C19H17F2N3O2/c1-12-4-3-5-15-18(12)22-11-24(19(15)26)10-17(25)23(2)9-13-6-7-14(20)8-16(13)21/h3-8,11H,9-10H2,1-2H3. The SMILES string of the molecule is Cc1cccc2c(=O)n(CC(=O)N(C)Cc3ccc(F)cc3F)cnc12. The summed E-state index contributed by atoms with van der Waals surface area (Å²) in [5.41, 5.74) is 1.36. The van der Waals surface area contributed by atoms with Gasteiger partial charge >= 0.3 is 0 Å². The minimum Gasteiger partial charge on any atom is -0.340 e. The molecule has 2 aromatic carbocycles. The van der Waals surface area contributed by atoms with Crippen LogP contribution in [0, 0.1) is 18.6 Å². The number of rotatable bonds is 4. The Kier molecular flexibility index (Phi) is 4.79. The molecular weight excluding hydrogens is 340 g/mol. The highest BCUT2D eigenvalue weighted by Crippen LogP contribution is 2.13. The van der Waals surface area contributed by atoms with Gasteiger partial charge in [0.2, 0.25) is 5.91 Å². The van der Waals surface area contributed by atoms with E-state index in [1.165, 1.54) is 28.9 Å². The third-order valence-electron chi connectivity index (χ3n) is 4.21. The molecule has 7 heteroatoms. The van der Waals surface area contributed by atoms with Crippen molar-refractivity contribution in [2.75, 3.05) is 7.05 Å². The maximum Gasteiger partial charge on any atom is 0.261 e. The number of fused-ring (bicyclic) bond motifs is 1. The molecule has 134 valence electrons. The van der Waals surface area contributed by atoms with Gasteiger partial charge in [0.25, 0.3) is 5.56 Å². The van der Waals surface area contributed by atoms with Gasteiger partial charge in [-0.3, -0.25) is 14.2 Å². The zero-order valence-electron chi connectivity index (χ0n) is 14.4. The van der Waals surface area contributed by atoms with Gasteiger partial charge in [-0.2, -0.15) is 0 Å². The number of amides is 1. The molecule has 0 atom stereocenters. The average Bonchev–Trinajstić information content (AvgIpc) is 2.60. The summed E-state index contributed by atoms with van der Waals surface area (Å²) in [6.07, 6.45) is 1.34. The lowest BCUT2D eigenvalue weighted by molar-refractivity contribution is -0.131. The van der Waals surface area contributed by atoms with Gasteiger partial charge in [-0.05, 0) is 24.6 Å². The Morgan fingerprint density at radius 3 is 2.73 bits per heavy atom. The smallest absolute Gasteiger partial charge is 0.261 e. The molecule has 0 N–H and O–H groups in total. The van der Waals surface area contributed by atoms with Crippen LogP contribution in [0.15, 0.2) is 47.5 Å². The molecule has 0 spiro atoms. The fourth-order valence-corrected chi connectivity index (χ4v) is 2.71. The molecule has 26 heavy (non-hydrogen) atoms. The molecule has 3 aromatic rings.